The van der Waals surface area contributed by atoms with E-state index in [4.69, 9.17) is 4.74 Å². The summed E-state index contributed by atoms with van der Waals surface area (Å²) >= 11 is 0. The van der Waals surface area contributed by atoms with Crippen LogP contribution in [0.15, 0.2) is 0 Å². The summed E-state index contributed by atoms with van der Waals surface area (Å²) in [6.07, 6.45) is 6.78. The van der Waals surface area contributed by atoms with Crippen molar-refractivity contribution in [3.63, 3.8) is 0 Å². The lowest BCUT2D eigenvalue weighted by atomic mass is 10.1. The van der Waals surface area contributed by atoms with Crippen LogP contribution in [0.25, 0.3) is 0 Å². The highest BCUT2D eigenvalue weighted by Crippen LogP contribution is 2.19. The Hall–Kier alpha value is -0.160. The van der Waals surface area contributed by atoms with Crippen LogP contribution in [-0.2, 0) is 4.74 Å². The summed E-state index contributed by atoms with van der Waals surface area (Å²) in [4.78, 5) is 5.37. The number of ether oxygens (including phenoxy) is 1. The largest absolute Gasteiger partial charge is 0.382 e. The van der Waals surface area contributed by atoms with Crippen LogP contribution >= 0.6 is 0 Å². The van der Waals surface area contributed by atoms with E-state index in [1.54, 1.807) is 0 Å². The van der Waals surface area contributed by atoms with Crippen molar-refractivity contribution in [3.05, 3.63) is 0 Å². The standard InChI is InChI=1S/C16H33N3O/c1-2-20-14-6-8-17-9-13-18-12-7-16(15-18)19-10-4-3-5-11-19/h16-17H,2-15H2,1H3. The minimum Gasteiger partial charge on any atom is -0.382 e. The van der Waals surface area contributed by atoms with Crippen molar-refractivity contribution in [2.45, 2.75) is 45.1 Å². The van der Waals surface area contributed by atoms with Crippen LogP contribution < -0.4 is 5.32 Å². The quantitative estimate of drug-likeness (QED) is 0.650. The highest BCUT2D eigenvalue weighted by atomic mass is 16.5. The molecule has 0 aliphatic carbocycles. The van der Waals surface area contributed by atoms with Crippen molar-refractivity contribution in [2.75, 3.05) is 59.0 Å². The van der Waals surface area contributed by atoms with E-state index < -0.39 is 0 Å². The molecule has 0 radical (unpaired) electrons. The lowest BCUT2D eigenvalue weighted by molar-refractivity contribution is 0.144. The molecule has 1 unspecified atom stereocenters. The molecule has 118 valence electrons. The molecule has 0 spiro atoms. The van der Waals surface area contributed by atoms with Gasteiger partial charge in [0.15, 0.2) is 0 Å². The molecule has 2 saturated heterocycles. The zero-order valence-corrected chi connectivity index (χ0v) is 13.3. The second-order valence-electron chi connectivity index (χ2n) is 6.14. The molecule has 0 aromatic rings. The van der Waals surface area contributed by atoms with Gasteiger partial charge in [-0.2, -0.15) is 0 Å². The van der Waals surface area contributed by atoms with E-state index in [-0.39, 0.29) is 0 Å². The number of nitrogens with one attached hydrogen (secondary N) is 1. The Morgan fingerprint density at radius 1 is 1.10 bits per heavy atom. The molecule has 2 heterocycles. The lowest BCUT2D eigenvalue weighted by Crippen LogP contribution is -2.41. The van der Waals surface area contributed by atoms with Crippen LogP contribution in [0.5, 0.6) is 0 Å². The summed E-state index contributed by atoms with van der Waals surface area (Å²) in [6, 6.07) is 0.841. The van der Waals surface area contributed by atoms with Gasteiger partial charge in [-0.1, -0.05) is 6.42 Å². The summed E-state index contributed by atoms with van der Waals surface area (Å²) < 4.78 is 5.34. The summed E-state index contributed by atoms with van der Waals surface area (Å²) in [6.45, 7) is 12.5. The Morgan fingerprint density at radius 3 is 2.75 bits per heavy atom. The lowest BCUT2D eigenvalue weighted by Gasteiger charge is -2.32. The molecule has 2 aliphatic heterocycles. The average molecular weight is 283 g/mol. The third-order valence-corrected chi connectivity index (χ3v) is 4.61. The molecule has 0 saturated carbocycles. The van der Waals surface area contributed by atoms with E-state index in [9.17, 15) is 0 Å². The highest BCUT2D eigenvalue weighted by Gasteiger charge is 2.27. The van der Waals surface area contributed by atoms with E-state index in [0.29, 0.717) is 0 Å². The summed E-state index contributed by atoms with van der Waals surface area (Å²) in [5.41, 5.74) is 0. The molecule has 4 nitrogen and oxygen atoms in total. The van der Waals surface area contributed by atoms with Crippen molar-refractivity contribution >= 4 is 0 Å². The first-order valence-corrected chi connectivity index (χ1v) is 8.65. The van der Waals surface area contributed by atoms with E-state index in [1.165, 1.54) is 58.4 Å². The van der Waals surface area contributed by atoms with Gasteiger partial charge in [-0.3, -0.25) is 4.90 Å². The van der Waals surface area contributed by atoms with Crippen molar-refractivity contribution in [2.24, 2.45) is 0 Å². The zero-order valence-electron chi connectivity index (χ0n) is 13.3. The molecule has 20 heavy (non-hydrogen) atoms. The average Bonchev–Trinajstić information content (AvgIpc) is 2.96. The van der Waals surface area contributed by atoms with Gasteiger partial charge in [0.2, 0.25) is 0 Å². The number of rotatable bonds is 9. The van der Waals surface area contributed by atoms with Gasteiger partial charge >= 0.3 is 0 Å². The van der Waals surface area contributed by atoms with Gasteiger partial charge in [0.05, 0.1) is 0 Å². The second-order valence-corrected chi connectivity index (χ2v) is 6.14. The van der Waals surface area contributed by atoms with Crippen LogP contribution in [0.4, 0.5) is 0 Å². The fourth-order valence-electron chi connectivity index (χ4n) is 3.40. The molecule has 1 N–H and O–H groups in total. The molecule has 4 heteroatoms. The summed E-state index contributed by atoms with van der Waals surface area (Å²) in [7, 11) is 0. The number of likely N-dealkylation sites (tertiary alicyclic amines) is 2. The zero-order chi connectivity index (χ0) is 14.0. The van der Waals surface area contributed by atoms with Gasteiger partial charge in [-0.15, -0.1) is 0 Å². The summed E-state index contributed by atoms with van der Waals surface area (Å²) in [5.74, 6) is 0. The Bertz CT molecular complexity index is 244. The summed E-state index contributed by atoms with van der Waals surface area (Å²) in [5, 5.41) is 3.53. The molecular formula is C16H33N3O. The minimum atomic E-state index is 0.839. The molecule has 0 bridgehead atoms. The Labute approximate surface area is 124 Å². The normalized spacial score (nSPS) is 25.4. The van der Waals surface area contributed by atoms with Crippen molar-refractivity contribution < 1.29 is 4.74 Å². The highest BCUT2D eigenvalue weighted by molar-refractivity contribution is 4.84. The first-order valence-electron chi connectivity index (χ1n) is 8.65. The first kappa shape index (κ1) is 16.2. The molecule has 0 aromatic heterocycles. The predicted molar refractivity (Wildman–Crippen MR) is 84.2 cm³/mol. The van der Waals surface area contributed by atoms with Crippen molar-refractivity contribution in [1.29, 1.82) is 0 Å². The molecule has 1 atom stereocenters. The van der Waals surface area contributed by atoms with Crippen LogP contribution in [0.1, 0.15) is 39.0 Å². The predicted octanol–water partition coefficient (Wildman–Crippen LogP) is 1.56. The number of piperidine rings is 1. The van der Waals surface area contributed by atoms with Crippen LogP contribution in [0.2, 0.25) is 0 Å². The van der Waals surface area contributed by atoms with Gasteiger partial charge in [0.25, 0.3) is 0 Å². The van der Waals surface area contributed by atoms with Gasteiger partial charge in [0, 0.05) is 38.9 Å². The van der Waals surface area contributed by atoms with Gasteiger partial charge in [-0.25, -0.2) is 0 Å². The van der Waals surface area contributed by atoms with Gasteiger partial charge < -0.3 is 15.0 Å². The molecular weight excluding hydrogens is 250 g/mol. The maximum atomic E-state index is 5.34. The molecule has 2 fully saturated rings. The first-order chi connectivity index (χ1) is 9.90. The number of nitrogens with zero attached hydrogens (tertiary/aromatic N) is 2. The minimum absolute atomic E-state index is 0.839. The Kier molecular flexibility index (Phi) is 7.88. The molecule has 2 aliphatic rings. The fourth-order valence-corrected chi connectivity index (χ4v) is 3.40. The SMILES string of the molecule is CCOCCCNCCN1CCC(N2CCCCC2)C1. The van der Waals surface area contributed by atoms with E-state index in [2.05, 4.69) is 22.0 Å². The Morgan fingerprint density at radius 2 is 1.95 bits per heavy atom. The van der Waals surface area contributed by atoms with Gasteiger partial charge in [0.1, 0.15) is 0 Å². The third-order valence-electron chi connectivity index (χ3n) is 4.61. The maximum absolute atomic E-state index is 5.34. The van der Waals surface area contributed by atoms with Crippen LogP contribution in [-0.4, -0.2) is 74.9 Å². The molecule has 0 aromatic carbocycles. The van der Waals surface area contributed by atoms with E-state index >= 15 is 0 Å². The molecule has 2 rings (SSSR count). The van der Waals surface area contributed by atoms with Crippen molar-refractivity contribution in [3.8, 4) is 0 Å². The van der Waals surface area contributed by atoms with E-state index in [1.807, 2.05) is 0 Å². The van der Waals surface area contributed by atoms with Crippen LogP contribution in [0, 0.1) is 0 Å². The number of hydrogen-bond donors (Lipinski definition) is 1. The Balaban J connectivity index is 1.48. The fraction of sp³-hybridized carbons (Fsp3) is 1.00. The second kappa shape index (κ2) is 9.72. The van der Waals surface area contributed by atoms with E-state index in [0.717, 1.165) is 38.8 Å². The monoisotopic (exact) mass is 283 g/mol. The smallest absolute Gasteiger partial charge is 0.0477 e. The topological polar surface area (TPSA) is 27.7 Å². The third kappa shape index (κ3) is 5.68. The molecule has 0 amide bonds. The maximum Gasteiger partial charge on any atom is 0.0477 e. The van der Waals surface area contributed by atoms with Crippen LogP contribution in [0.3, 0.4) is 0 Å². The number of hydrogen-bond acceptors (Lipinski definition) is 4. The van der Waals surface area contributed by atoms with Crippen molar-refractivity contribution in [1.82, 2.24) is 15.1 Å². The van der Waals surface area contributed by atoms with Gasteiger partial charge in [-0.05, 0) is 58.8 Å².